The number of nitrogens with two attached hydrogens (primary N) is 2. The number of pyridine rings is 2. The van der Waals surface area contributed by atoms with Crippen LogP contribution in [0.4, 0.5) is 21.5 Å². The van der Waals surface area contributed by atoms with Crippen molar-refractivity contribution in [2.75, 3.05) is 29.0 Å². The summed E-state index contributed by atoms with van der Waals surface area (Å²) in [5, 5.41) is 3.63. The fourth-order valence-corrected chi connectivity index (χ4v) is 3.80. The van der Waals surface area contributed by atoms with E-state index in [-0.39, 0.29) is 17.4 Å². The number of nitrogens with zero attached hydrogens (tertiary/aromatic N) is 3. The maximum Gasteiger partial charge on any atom is 0.276 e. The first-order chi connectivity index (χ1) is 14.4. The van der Waals surface area contributed by atoms with E-state index in [1.165, 1.54) is 6.92 Å². The number of anilines is 3. The molecule has 1 amide bonds. The number of aromatic nitrogens is 2. The molecule has 4 rings (SSSR count). The molecule has 2 atom stereocenters. The normalized spacial score (nSPS) is 17.7. The number of carbonyl (C=O) groups excluding carboxylic acids is 1. The summed E-state index contributed by atoms with van der Waals surface area (Å²) in [5.74, 6) is -0.441. The molecule has 1 aromatic carbocycles. The van der Waals surface area contributed by atoms with Gasteiger partial charge in [0.2, 0.25) is 0 Å². The number of benzene rings is 1. The summed E-state index contributed by atoms with van der Waals surface area (Å²) >= 11 is 0. The number of fused-ring (bicyclic) bond motifs is 1. The van der Waals surface area contributed by atoms with Gasteiger partial charge in [0.15, 0.2) is 5.69 Å². The summed E-state index contributed by atoms with van der Waals surface area (Å²) in [7, 11) is 0. The number of hydrogen-bond acceptors (Lipinski definition) is 6. The lowest BCUT2D eigenvalue weighted by Crippen LogP contribution is -2.43. The van der Waals surface area contributed by atoms with E-state index in [1.54, 1.807) is 36.7 Å². The number of halogens is 1. The average Bonchev–Trinajstić information content (AvgIpc) is 2.73. The first-order valence-corrected chi connectivity index (χ1v) is 10.0. The zero-order chi connectivity index (χ0) is 21.3. The first kappa shape index (κ1) is 20.0. The summed E-state index contributed by atoms with van der Waals surface area (Å²) in [5.41, 5.74) is 15.0. The SMILES string of the molecule is CC(F)c1ccc2cc(N)c(C(=O)Nc3cnccc3N3CCC[C@H](N)C3)nc2c1. The van der Waals surface area contributed by atoms with Crippen LogP contribution in [-0.4, -0.2) is 35.0 Å². The third kappa shape index (κ3) is 4.04. The molecule has 2 aromatic heterocycles. The van der Waals surface area contributed by atoms with Gasteiger partial charge in [0.05, 0.1) is 28.8 Å². The Morgan fingerprint density at radius 3 is 2.93 bits per heavy atom. The Labute approximate surface area is 174 Å². The zero-order valence-corrected chi connectivity index (χ0v) is 16.8. The van der Waals surface area contributed by atoms with Crippen molar-refractivity contribution in [3.05, 3.63) is 54.0 Å². The Morgan fingerprint density at radius 1 is 1.33 bits per heavy atom. The highest BCUT2D eigenvalue weighted by atomic mass is 19.1. The molecule has 3 aromatic rings. The molecular weight excluding hydrogens is 383 g/mol. The highest BCUT2D eigenvalue weighted by Crippen LogP contribution is 2.29. The summed E-state index contributed by atoms with van der Waals surface area (Å²) in [6, 6.07) is 8.72. The molecule has 1 aliphatic heterocycles. The lowest BCUT2D eigenvalue weighted by molar-refractivity contribution is 0.102. The number of amides is 1. The lowest BCUT2D eigenvalue weighted by Gasteiger charge is -2.33. The second-order valence-electron chi connectivity index (χ2n) is 7.69. The van der Waals surface area contributed by atoms with Crippen molar-refractivity contribution in [3.63, 3.8) is 0 Å². The topological polar surface area (TPSA) is 110 Å². The summed E-state index contributed by atoms with van der Waals surface area (Å²) in [6.45, 7) is 3.04. The number of piperidine rings is 1. The predicted octanol–water partition coefficient (Wildman–Crippen LogP) is 3.42. The van der Waals surface area contributed by atoms with Crippen LogP contribution in [0, 0.1) is 0 Å². The molecule has 7 nitrogen and oxygen atoms in total. The van der Waals surface area contributed by atoms with Gasteiger partial charge in [-0.2, -0.15) is 0 Å². The minimum Gasteiger partial charge on any atom is -0.397 e. The molecular formula is C22H25FN6O. The molecule has 0 spiro atoms. The molecule has 5 N–H and O–H groups in total. The van der Waals surface area contributed by atoms with E-state index in [9.17, 15) is 9.18 Å². The highest BCUT2D eigenvalue weighted by molar-refractivity contribution is 6.09. The smallest absolute Gasteiger partial charge is 0.276 e. The van der Waals surface area contributed by atoms with E-state index in [1.807, 2.05) is 6.07 Å². The minimum absolute atomic E-state index is 0.0938. The molecule has 1 saturated heterocycles. The van der Waals surface area contributed by atoms with Crippen LogP contribution in [-0.2, 0) is 0 Å². The van der Waals surface area contributed by atoms with Crippen molar-refractivity contribution in [2.24, 2.45) is 5.73 Å². The van der Waals surface area contributed by atoms with Gasteiger partial charge in [-0.15, -0.1) is 0 Å². The quantitative estimate of drug-likeness (QED) is 0.610. The van der Waals surface area contributed by atoms with Gasteiger partial charge in [-0.05, 0) is 43.5 Å². The average molecular weight is 408 g/mol. The molecule has 0 aliphatic carbocycles. The molecule has 0 radical (unpaired) electrons. The number of rotatable bonds is 4. The second-order valence-corrected chi connectivity index (χ2v) is 7.69. The van der Waals surface area contributed by atoms with Gasteiger partial charge in [-0.1, -0.05) is 12.1 Å². The maximum atomic E-state index is 13.7. The third-order valence-electron chi connectivity index (χ3n) is 5.39. The first-order valence-electron chi connectivity index (χ1n) is 10.0. The number of carbonyl (C=O) groups is 1. The molecule has 0 bridgehead atoms. The molecule has 1 aliphatic rings. The Morgan fingerprint density at radius 2 is 2.17 bits per heavy atom. The van der Waals surface area contributed by atoms with E-state index in [2.05, 4.69) is 20.2 Å². The highest BCUT2D eigenvalue weighted by Gasteiger charge is 2.21. The van der Waals surface area contributed by atoms with Crippen molar-refractivity contribution in [3.8, 4) is 0 Å². The number of alkyl halides is 1. The summed E-state index contributed by atoms with van der Waals surface area (Å²) < 4.78 is 13.7. The Bertz CT molecular complexity index is 1090. The number of nitrogens with one attached hydrogen (secondary N) is 1. The number of nitrogen functional groups attached to an aromatic ring is 1. The lowest BCUT2D eigenvalue weighted by atomic mass is 10.1. The van der Waals surface area contributed by atoms with E-state index < -0.39 is 12.1 Å². The van der Waals surface area contributed by atoms with Crippen LogP contribution in [0.15, 0.2) is 42.7 Å². The van der Waals surface area contributed by atoms with Crippen molar-refractivity contribution >= 4 is 33.9 Å². The Balaban J connectivity index is 1.64. The van der Waals surface area contributed by atoms with Crippen LogP contribution in [0.25, 0.3) is 10.9 Å². The minimum atomic E-state index is -1.13. The van der Waals surface area contributed by atoms with Crippen LogP contribution in [0.3, 0.4) is 0 Å². The van der Waals surface area contributed by atoms with Crippen molar-refractivity contribution in [1.29, 1.82) is 0 Å². The van der Waals surface area contributed by atoms with Crippen molar-refractivity contribution < 1.29 is 9.18 Å². The monoisotopic (exact) mass is 408 g/mol. The Hall–Kier alpha value is -3.26. The fraction of sp³-hybridized carbons (Fsp3) is 0.318. The van der Waals surface area contributed by atoms with Crippen LogP contribution in [0.2, 0.25) is 0 Å². The van der Waals surface area contributed by atoms with Crippen molar-refractivity contribution in [1.82, 2.24) is 9.97 Å². The van der Waals surface area contributed by atoms with Crippen LogP contribution < -0.4 is 21.7 Å². The van der Waals surface area contributed by atoms with E-state index >= 15 is 0 Å². The van der Waals surface area contributed by atoms with Gasteiger partial charge in [0, 0.05) is 30.7 Å². The second kappa shape index (κ2) is 8.23. The van der Waals surface area contributed by atoms with Gasteiger partial charge >= 0.3 is 0 Å². The largest absolute Gasteiger partial charge is 0.397 e. The van der Waals surface area contributed by atoms with E-state index in [0.29, 0.717) is 23.3 Å². The molecule has 30 heavy (non-hydrogen) atoms. The Kier molecular flexibility index (Phi) is 5.50. The van der Waals surface area contributed by atoms with Gasteiger partial charge in [0.25, 0.3) is 5.91 Å². The standard InChI is InChI=1S/C22H25FN6O/c1-13(23)14-4-5-15-9-17(25)21(27-18(15)10-14)22(30)28-19-11-26-7-6-20(19)29-8-2-3-16(24)12-29/h4-7,9-11,13,16H,2-3,8,12,24-25H2,1H3,(H,28,30)/t13?,16-/m0/s1. The van der Waals surface area contributed by atoms with Gasteiger partial charge in [0.1, 0.15) is 6.17 Å². The summed E-state index contributed by atoms with van der Waals surface area (Å²) in [6.07, 6.45) is 4.15. The van der Waals surface area contributed by atoms with Gasteiger partial charge in [-0.25, -0.2) is 9.37 Å². The van der Waals surface area contributed by atoms with E-state index in [4.69, 9.17) is 11.5 Å². The molecule has 3 heterocycles. The zero-order valence-electron chi connectivity index (χ0n) is 16.8. The van der Waals surface area contributed by atoms with Gasteiger partial charge < -0.3 is 21.7 Å². The van der Waals surface area contributed by atoms with Crippen LogP contribution >= 0.6 is 0 Å². The summed E-state index contributed by atoms with van der Waals surface area (Å²) in [4.78, 5) is 23.7. The fourth-order valence-electron chi connectivity index (χ4n) is 3.80. The van der Waals surface area contributed by atoms with E-state index in [0.717, 1.165) is 30.5 Å². The van der Waals surface area contributed by atoms with Crippen LogP contribution in [0.5, 0.6) is 0 Å². The molecule has 1 unspecified atom stereocenters. The van der Waals surface area contributed by atoms with Crippen LogP contribution in [0.1, 0.15) is 42.0 Å². The molecule has 156 valence electrons. The third-order valence-corrected chi connectivity index (χ3v) is 5.39. The van der Waals surface area contributed by atoms with Gasteiger partial charge in [-0.3, -0.25) is 9.78 Å². The predicted molar refractivity (Wildman–Crippen MR) is 117 cm³/mol. The molecule has 0 saturated carbocycles. The van der Waals surface area contributed by atoms with Crippen molar-refractivity contribution in [2.45, 2.75) is 32.0 Å². The molecule has 8 heteroatoms. The number of hydrogen-bond donors (Lipinski definition) is 3. The molecule has 1 fully saturated rings. The maximum absolute atomic E-state index is 13.7.